The van der Waals surface area contributed by atoms with E-state index in [0.717, 1.165) is 13.0 Å². The molecule has 0 unspecified atom stereocenters. The second-order valence-corrected chi connectivity index (χ2v) is 3.99. The van der Waals surface area contributed by atoms with Crippen LogP contribution in [0.15, 0.2) is 18.2 Å². The molecule has 0 aliphatic carbocycles. The van der Waals surface area contributed by atoms with Gasteiger partial charge in [0.15, 0.2) is 0 Å². The van der Waals surface area contributed by atoms with Gasteiger partial charge in [0.2, 0.25) is 0 Å². The van der Waals surface area contributed by atoms with Gasteiger partial charge in [-0.05, 0) is 50.5 Å². The average molecular weight is 191 g/mol. The Morgan fingerprint density at radius 1 is 1.50 bits per heavy atom. The number of aryl methyl sites for hydroxylation is 1. The molecule has 0 spiro atoms. The van der Waals surface area contributed by atoms with Crippen molar-refractivity contribution in [1.82, 2.24) is 0 Å². The lowest BCUT2D eigenvalue weighted by molar-refractivity contribution is 0.472. The number of phenols is 1. The van der Waals surface area contributed by atoms with Crippen LogP contribution in [0.4, 0.5) is 5.69 Å². The van der Waals surface area contributed by atoms with Gasteiger partial charge in [-0.1, -0.05) is 0 Å². The first-order valence-electron chi connectivity index (χ1n) is 5.31. The molecule has 0 radical (unpaired) electrons. The summed E-state index contributed by atoms with van der Waals surface area (Å²) in [5.41, 5.74) is 2.58. The van der Waals surface area contributed by atoms with Gasteiger partial charge in [0.05, 0.1) is 0 Å². The van der Waals surface area contributed by atoms with Gasteiger partial charge in [-0.15, -0.1) is 0 Å². The molecule has 0 amide bonds. The summed E-state index contributed by atoms with van der Waals surface area (Å²) in [5, 5.41) is 9.39. The lowest BCUT2D eigenvalue weighted by Crippen LogP contribution is -2.36. The predicted octanol–water partition coefficient (Wildman–Crippen LogP) is 2.55. The summed E-state index contributed by atoms with van der Waals surface area (Å²) in [7, 11) is 0. The lowest BCUT2D eigenvalue weighted by atomic mass is 9.96. The minimum atomic E-state index is 0.384. The van der Waals surface area contributed by atoms with Gasteiger partial charge in [-0.25, -0.2) is 0 Å². The fourth-order valence-electron chi connectivity index (χ4n) is 2.29. The van der Waals surface area contributed by atoms with Crippen LogP contribution in [0.5, 0.6) is 5.75 Å². The highest BCUT2D eigenvalue weighted by Gasteiger charge is 2.21. The highest BCUT2D eigenvalue weighted by molar-refractivity contribution is 5.58. The molecule has 1 heterocycles. The van der Waals surface area contributed by atoms with Crippen molar-refractivity contribution in [3.05, 3.63) is 23.8 Å². The molecule has 2 rings (SSSR count). The highest BCUT2D eigenvalue weighted by atomic mass is 16.3. The van der Waals surface area contributed by atoms with Crippen molar-refractivity contribution in [2.45, 2.75) is 32.7 Å². The molecule has 1 aliphatic rings. The van der Waals surface area contributed by atoms with Crippen LogP contribution in [0.2, 0.25) is 0 Å². The Bertz CT molecular complexity index is 335. The molecule has 0 aromatic heterocycles. The SMILES string of the molecule is CCN1c2ccc(O)cc2CC[C@H]1C. The van der Waals surface area contributed by atoms with Crippen LogP contribution >= 0.6 is 0 Å². The van der Waals surface area contributed by atoms with Gasteiger partial charge in [-0.2, -0.15) is 0 Å². The number of nitrogens with zero attached hydrogens (tertiary/aromatic N) is 1. The van der Waals surface area contributed by atoms with E-state index >= 15 is 0 Å². The smallest absolute Gasteiger partial charge is 0.116 e. The second-order valence-electron chi connectivity index (χ2n) is 3.99. The zero-order chi connectivity index (χ0) is 10.1. The first kappa shape index (κ1) is 9.38. The highest BCUT2D eigenvalue weighted by Crippen LogP contribution is 2.32. The molecule has 0 fully saturated rings. The third kappa shape index (κ3) is 1.45. The third-order valence-electron chi connectivity index (χ3n) is 3.08. The van der Waals surface area contributed by atoms with Crippen LogP contribution in [0, 0.1) is 0 Å². The number of fused-ring (bicyclic) bond motifs is 1. The number of hydrogen-bond acceptors (Lipinski definition) is 2. The van der Waals surface area contributed by atoms with Crippen LogP contribution in [0.25, 0.3) is 0 Å². The summed E-state index contributed by atoms with van der Waals surface area (Å²) < 4.78 is 0. The van der Waals surface area contributed by atoms with E-state index in [1.54, 1.807) is 6.07 Å². The number of anilines is 1. The molecular formula is C12H17NO. The minimum absolute atomic E-state index is 0.384. The van der Waals surface area contributed by atoms with E-state index < -0.39 is 0 Å². The summed E-state index contributed by atoms with van der Waals surface area (Å²) in [6, 6.07) is 6.32. The minimum Gasteiger partial charge on any atom is -0.508 e. The van der Waals surface area contributed by atoms with Crippen molar-refractivity contribution in [3.8, 4) is 5.75 Å². The van der Waals surface area contributed by atoms with E-state index in [4.69, 9.17) is 0 Å². The van der Waals surface area contributed by atoms with Crippen LogP contribution in [0.3, 0.4) is 0 Å². The van der Waals surface area contributed by atoms with Gasteiger partial charge in [0.1, 0.15) is 5.75 Å². The Kier molecular flexibility index (Phi) is 2.36. The molecule has 14 heavy (non-hydrogen) atoms. The topological polar surface area (TPSA) is 23.5 Å². The number of aromatic hydroxyl groups is 1. The molecule has 1 N–H and O–H groups in total. The molecule has 1 atom stereocenters. The van der Waals surface area contributed by atoms with E-state index in [9.17, 15) is 5.11 Å². The molecule has 2 nitrogen and oxygen atoms in total. The number of hydrogen-bond donors (Lipinski definition) is 1. The zero-order valence-electron chi connectivity index (χ0n) is 8.83. The maximum atomic E-state index is 9.39. The molecule has 76 valence electrons. The zero-order valence-corrected chi connectivity index (χ0v) is 8.83. The van der Waals surface area contributed by atoms with Crippen molar-refractivity contribution in [1.29, 1.82) is 0 Å². The maximum Gasteiger partial charge on any atom is 0.116 e. The summed E-state index contributed by atoms with van der Waals surface area (Å²) in [4.78, 5) is 2.40. The standard InChI is InChI=1S/C12H17NO/c1-3-13-9(2)4-5-10-8-11(14)6-7-12(10)13/h6-9,14H,3-5H2,1-2H3/t9-/m1/s1. The maximum absolute atomic E-state index is 9.39. The Morgan fingerprint density at radius 2 is 2.29 bits per heavy atom. The predicted molar refractivity (Wildman–Crippen MR) is 58.9 cm³/mol. The number of benzene rings is 1. The van der Waals surface area contributed by atoms with E-state index in [-0.39, 0.29) is 0 Å². The summed E-state index contributed by atoms with van der Waals surface area (Å²) in [6.45, 7) is 5.48. The van der Waals surface area contributed by atoms with Crippen LogP contribution in [0.1, 0.15) is 25.8 Å². The third-order valence-corrected chi connectivity index (χ3v) is 3.08. The molecule has 1 aromatic rings. The van der Waals surface area contributed by atoms with Gasteiger partial charge >= 0.3 is 0 Å². The molecule has 0 bridgehead atoms. The van der Waals surface area contributed by atoms with E-state index in [1.807, 2.05) is 12.1 Å². The summed E-state index contributed by atoms with van der Waals surface area (Å²) in [5.74, 6) is 0.384. The van der Waals surface area contributed by atoms with Gasteiger partial charge in [0, 0.05) is 18.3 Å². The van der Waals surface area contributed by atoms with Crippen molar-refractivity contribution < 1.29 is 5.11 Å². The van der Waals surface area contributed by atoms with Crippen LogP contribution < -0.4 is 4.90 Å². The largest absolute Gasteiger partial charge is 0.508 e. The lowest BCUT2D eigenvalue weighted by Gasteiger charge is -2.36. The van der Waals surface area contributed by atoms with E-state index in [1.165, 1.54) is 17.7 Å². The van der Waals surface area contributed by atoms with Crippen molar-refractivity contribution in [2.75, 3.05) is 11.4 Å². The van der Waals surface area contributed by atoms with Crippen LogP contribution in [-0.2, 0) is 6.42 Å². The monoisotopic (exact) mass is 191 g/mol. The molecular weight excluding hydrogens is 174 g/mol. The van der Waals surface area contributed by atoms with Crippen molar-refractivity contribution in [2.24, 2.45) is 0 Å². The van der Waals surface area contributed by atoms with E-state index in [0.29, 0.717) is 11.8 Å². The normalized spacial score (nSPS) is 20.7. The van der Waals surface area contributed by atoms with Crippen molar-refractivity contribution >= 4 is 5.69 Å². The average Bonchev–Trinajstić information content (AvgIpc) is 2.18. The summed E-state index contributed by atoms with van der Waals surface area (Å²) >= 11 is 0. The van der Waals surface area contributed by atoms with Crippen LogP contribution in [-0.4, -0.2) is 17.7 Å². The van der Waals surface area contributed by atoms with Gasteiger partial charge in [0.25, 0.3) is 0 Å². The second kappa shape index (κ2) is 3.52. The Hall–Kier alpha value is -1.18. The first-order valence-corrected chi connectivity index (χ1v) is 5.31. The Labute approximate surface area is 85.2 Å². The van der Waals surface area contributed by atoms with Gasteiger partial charge in [-0.3, -0.25) is 0 Å². The Balaban J connectivity index is 2.41. The van der Waals surface area contributed by atoms with E-state index in [2.05, 4.69) is 18.7 Å². The first-order chi connectivity index (χ1) is 6.72. The molecule has 1 aliphatic heterocycles. The molecule has 2 heteroatoms. The number of rotatable bonds is 1. The van der Waals surface area contributed by atoms with Gasteiger partial charge < -0.3 is 10.0 Å². The quantitative estimate of drug-likeness (QED) is 0.737. The Morgan fingerprint density at radius 3 is 3.00 bits per heavy atom. The fraction of sp³-hybridized carbons (Fsp3) is 0.500. The fourth-order valence-corrected chi connectivity index (χ4v) is 2.29. The molecule has 1 aromatic carbocycles. The number of phenolic OH excluding ortho intramolecular Hbond substituents is 1. The van der Waals surface area contributed by atoms with Crippen molar-refractivity contribution in [3.63, 3.8) is 0 Å². The molecule has 0 saturated carbocycles. The summed E-state index contributed by atoms with van der Waals surface area (Å²) in [6.07, 6.45) is 2.27. The molecule has 0 saturated heterocycles.